The van der Waals surface area contributed by atoms with Crippen LogP contribution in [-0.2, 0) is 6.61 Å². The molecule has 2 aromatic carbocycles. The first-order valence-electron chi connectivity index (χ1n) is 6.17. The molecule has 0 spiro atoms. The van der Waals surface area contributed by atoms with Crippen LogP contribution in [0.2, 0.25) is 5.02 Å². The van der Waals surface area contributed by atoms with E-state index in [2.05, 4.69) is 13.0 Å². The minimum Gasteiger partial charge on any atom is -0.455 e. The Morgan fingerprint density at radius 1 is 1.16 bits per heavy atom. The van der Waals surface area contributed by atoms with Crippen LogP contribution in [0.1, 0.15) is 22.3 Å². The number of benzene rings is 2. The molecule has 2 rings (SSSR count). The second-order valence-electron chi connectivity index (χ2n) is 4.69. The molecule has 100 valence electrons. The average molecular weight is 277 g/mol. The zero-order valence-electron chi connectivity index (χ0n) is 11.3. The Kier molecular flexibility index (Phi) is 4.13. The Balaban J connectivity index is 2.47. The number of para-hydroxylation sites is 1. The van der Waals surface area contributed by atoms with Crippen LogP contribution in [0, 0.1) is 20.8 Å². The van der Waals surface area contributed by atoms with Crippen molar-refractivity contribution >= 4 is 11.6 Å². The van der Waals surface area contributed by atoms with E-state index in [-0.39, 0.29) is 6.61 Å². The third-order valence-corrected chi connectivity index (χ3v) is 3.49. The van der Waals surface area contributed by atoms with Crippen LogP contribution in [0.15, 0.2) is 30.3 Å². The van der Waals surface area contributed by atoms with E-state index < -0.39 is 0 Å². The molecule has 0 aliphatic rings. The zero-order valence-corrected chi connectivity index (χ0v) is 12.1. The van der Waals surface area contributed by atoms with Gasteiger partial charge in [-0.1, -0.05) is 29.8 Å². The van der Waals surface area contributed by atoms with Gasteiger partial charge in [0.05, 0.1) is 11.6 Å². The minimum absolute atomic E-state index is 0.0975. The highest BCUT2D eigenvalue weighted by Gasteiger charge is 2.11. The van der Waals surface area contributed by atoms with Crippen LogP contribution in [0.4, 0.5) is 0 Å². The summed E-state index contributed by atoms with van der Waals surface area (Å²) < 4.78 is 5.93. The Morgan fingerprint density at radius 2 is 1.89 bits per heavy atom. The standard InChI is InChI=1S/C16H17ClO2/c1-10-7-11(2)12(3)15(8-10)19-16-13(9-18)5-4-6-14(16)17/h4-8,18H,9H2,1-3H3. The van der Waals surface area contributed by atoms with Crippen LogP contribution in [0.3, 0.4) is 0 Å². The fourth-order valence-corrected chi connectivity index (χ4v) is 2.24. The fourth-order valence-electron chi connectivity index (χ4n) is 2.01. The summed E-state index contributed by atoms with van der Waals surface area (Å²) in [6.07, 6.45) is 0. The van der Waals surface area contributed by atoms with Gasteiger partial charge in [0.2, 0.25) is 0 Å². The SMILES string of the molecule is Cc1cc(C)c(C)c(Oc2c(Cl)cccc2CO)c1. The molecule has 0 amide bonds. The number of rotatable bonds is 3. The molecule has 1 N–H and O–H groups in total. The van der Waals surface area contributed by atoms with Crippen molar-refractivity contribution in [2.75, 3.05) is 0 Å². The molecule has 0 radical (unpaired) electrons. The normalized spacial score (nSPS) is 10.6. The van der Waals surface area contributed by atoms with Crippen molar-refractivity contribution in [2.45, 2.75) is 27.4 Å². The number of hydrogen-bond donors (Lipinski definition) is 1. The Hall–Kier alpha value is -1.51. The molecule has 0 fully saturated rings. The van der Waals surface area contributed by atoms with Gasteiger partial charge >= 0.3 is 0 Å². The van der Waals surface area contributed by atoms with Crippen LogP contribution < -0.4 is 4.74 Å². The van der Waals surface area contributed by atoms with Gasteiger partial charge in [-0.05, 0) is 49.6 Å². The third-order valence-electron chi connectivity index (χ3n) is 3.19. The molecule has 3 heteroatoms. The summed E-state index contributed by atoms with van der Waals surface area (Å²) in [7, 11) is 0. The number of aliphatic hydroxyl groups excluding tert-OH is 1. The predicted molar refractivity (Wildman–Crippen MR) is 78.1 cm³/mol. The summed E-state index contributed by atoms with van der Waals surface area (Å²) in [6, 6.07) is 9.46. The first kappa shape index (κ1) is 13.9. The lowest BCUT2D eigenvalue weighted by molar-refractivity contribution is 0.276. The quantitative estimate of drug-likeness (QED) is 0.891. The zero-order chi connectivity index (χ0) is 14.0. The van der Waals surface area contributed by atoms with Gasteiger partial charge in [-0.3, -0.25) is 0 Å². The van der Waals surface area contributed by atoms with Crippen molar-refractivity contribution in [3.8, 4) is 11.5 Å². The lowest BCUT2D eigenvalue weighted by Gasteiger charge is -2.15. The maximum atomic E-state index is 9.36. The molecule has 2 aromatic rings. The molecular weight excluding hydrogens is 260 g/mol. The van der Waals surface area contributed by atoms with Crippen LogP contribution >= 0.6 is 11.6 Å². The molecule has 2 nitrogen and oxygen atoms in total. The van der Waals surface area contributed by atoms with Crippen molar-refractivity contribution in [3.63, 3.8) is 0 Å². The molecule has 0 bridgehead atoms. The number of aryl methyl sites for hydroxylation is 2. The topological polar surface area (TPSA) is 29.5 Å². The maximum Gasteiger partial charge on any atom is 0.151 e. The molecule has 0 unspecified atom stereocenters. The van der Waals surface area contributed by atoms with E-state index in [1.165, 1.54) is 5.56 Å². The van der Waals surface area contributed by atoms with Gasteiger partial charge in [-0.25, -0.2) is 0 Å². The first-order chi connectivity index (χ1) is 9.02. The predicted octanol–water partition coefficient (Wildman–Crippen LogP) is 4.55. The van der Waals surface area contributed by atoms with Gasteiger partial charge in [0, 0.05) is 5.56 Å². The second kappa shape index (κ2) is 5.64. The van der Waals surface area contributed by atoms with Crippen molar-refractivity contribution in [3.05, 3.63) is 57.6 Å². The summed E-state index contributed by atoms with van der Waals surface area (Å²) in [5.41, 5.74) is 4.07. The van der Waals surface area contributed by atoms with Crippen molar-refractivity contribution in [2.24, 2.45) is 0 Å². The highest BCUT2D eigenvalue weighted by molar-refractivity contribution is 6.32. The van der Waals surface area contributed by atoms with E-state index >= 15 is 0 Å². The van der Waals surface area contributed by atoms with Gasteiger partial charge in [0.1, 0.15) is 5.75 Å². The van der Waals surface area contributed by atoms with Gasteiger partial charge in [0.25, 0.3) is 0 Å². The largest absolute Gasteiger partial charge is 0.455 e. The third kappa shape index (κ3) is 2.91. The summed E-state index contributed by atoms with van der Waals surface area (Å²) >= 11 is 6.15. The number of hydrogen-bond acceptors (Lipinski definition) is 2. The van der Waals surface area contributed by atoms with Gasteiger partial charge in [-0.2, -0.15) is 0 Å². The fraction of sp³-hybridized carbons (Fsp3) is 0.250. The highest BCUT2D eigenvalue weighted by Crippen LogP contribution is 2.35. The van der Waals surface area contributed by atoms with Crippen molar-refractivity contribution < 1.29 is 9.84 Å². The molecule has 0 aliphatic heterocycles. The van der Waals surface area contributed by atoms with E-state index in [1.807, 2.05) is 19.9 Å². The lowest BCUT2D eigenvalue weighted by atomic mass is 10.1. The molecule has 0 saturated heterocycles. The molecule has 0 atom stereocenters. The Morgan fingerprint density at radius 3 is 2.58 bits per heavy atom. The Bertz CT molecular complexity index is 606. The maximum absolute atomic E-state index is 9.36. The van der Waals surface area contributed by atoms with Gasteiger partial charge < -0.3 is 9.84 Å². The summed E-state index contributed by atoms with van der Waals surface area (Å²) in [6.45, 7) is 5.99. The monoisotopic (exact) mass is 276 g/mol. The molecule has 0 heterocycles. The second-order valence-corrected chi connectivity index (χ2v) is 5.10. The molecule has 0 aliphatic carbocycles. The highest BCUT2D eigenvalue weighted by atomic mass is 35.5. The molecule has 19 heavy (non-hydrogen) atoms. The number of aliphatic hydroxyl groups is 1. The Labute approximate surface area is 118 Å². The van der Waals surface area contributed by atoms with Gasteiger partial charge in [-0.15, -0.1) is 0 Å². The molecule has 0 saturated carbocycles. The van der Waals surface area contributed by atoms with Gasteiger partial charge in [0.15, 0.2) is 5.75 Å². The first-order valence-corrected chi connectivity index (χ1v) is 6.54. The number of halogens is 1. The van der Waals surface area contributed by atoms with Crippen LogP contribution in [-0.4, -0.2) is 5.11 Å². The van der Waals surface area contributed by atoms with E-state index in [0.29, 0.717) is 16.3 Å². The summed E-state index contributed by atoms with van der Waals surface area (Å²) in [5.74, 6) is 1.31. The van der Waals surface area contributed by atoms with E-state index in [1.54, 1.807) is 18.2 Å². The van der Waals surface area contributed by atoms with Crippen LogP contribution in [0.25, 0.3) is 0 Å². The molecular formula is C16H17ClO2. The minimum atomic E-state index is -0.0975. The van der Waals surface area contributed by atoms with Crippen molar-refractivity contribution in [1.29, 1.82) is 0 Å². The van der Waals surface area contributed by atoms with E-state index in [4.69, 9.17) is 16.3 Å². The number of ether oxygens (including phenoxy) is 1. The van der Waals surface area contributed by atoms with Crippen LogP contribution in [0.5, 0.6) is 11.5 Å². The van der Waals surface area contributed by atoms with E-state index in [9.17, 15) is 5.11 Å². The van der Waals surface area contributed by atoms with Crippen molar-refractivity contribution in [1.82, 2.24) is 0 Å². The summed E-state index contributed by atoms with van der Waals surface area (Å²) in [5, 5.41) is 9.87. The van der Waals surface area contributed by atoms with E-state index in [0.717, 1.165) is 16.9 Å². The average Bonchev–Trinajstić information content (AvgIpc) is 2.37. The lowest BCUT2D eigenvalue weighted by Crippen LogP contribution is -1.96. The molecule has 0 aromatic heterocycles. The smallest absolute Gasteiger partial charge is 0.151 e. The summed E-state index contributed by atoms with van der Waals surface area (Å²) in [4.78, 5) is 0.